The van der Waals surface area contributed by atoms with Crippen LogP contribution in [0.4, 0.5) is 0 Å². The fraction of sp³-hybridized carbons (Fsp3) is 0.257. The van der Waals surface area contributed by atoms with Crippen molar-refractivity contribution in [1.29, 1.82) is 0 Å². The molecule has 0 unspecified atom stereocenters. The molecular weight excluding hydrogens is 596 g/mol. The van der Waals surface area contributed by atoms with Crippen LogP contribution < -0.4 is 16.6 Å². The molecule has 6 aromatic rings. The highest BCUT2D eigenvalue weighted by molar-refractivity contribution is 6.00. The molecule has 0 aliphatic heterocycles. The van der Waals surface area contributed by atoms with Crippen molar-refractivity contribution in [2.24, 2.45) is 20.0 Å². The molecular formula is C35H34N8O4. The summed E-state index contributed by atoms with van der Waals surface area (Å²) in [5.74, 6) is 6.96. The summed E-state index contributed by atoms with van der Waals surface area (Å²) in [6.45, 7) is 6.55. The second kappa shape index (κ2) is 12.8. The van der Waals surface area contributed by atoms with Gasteiger partial charge in [0.25, 0.3) is 11.5 Å². The number of aryl methyl sites for hydroxylation is 2. The Balaban J connectivity index is 1.28. The first-order valence-corrected chi connectivity index (χ1v) is 15.2. The third-order valence-corrected chi connectivity index (χ3v) is 7.77. The molecule has 4 aromatic heterocycles. The van der Waals surface area contributed by atoms with Gasteiger partial charge in [0.15, 0.2) is 11.5 Å². The number of nitrogens with zero attached hydrogens (tertiary/aromatic N) is 7. The van der Waals surface area contributed by atoms with E-state index in [4.69, 9.17) is 9.62 Å². The van der Waals surface area contributed by atoms with Crippen LogP contribution in [0.15, 0.2) is 81.1 Å². The number of amides is 1. The Morgan fingerprint density at radius 1 is 1.06 bits per heavy atom. The molecule has 0 saturated carbocycles. The number of carbonyl (C=O) groups excluding carboxylic acids is 1. The fourth-order valence-electron chi connectivity index (χ4n) is 5.54. The van der Waals surface area contributed by atoms with Crippen LogP contribution >= 0.6 is 0 Å². The van der Waals surface area contributed by atoms with Gasteiger partial charge in [-0.2, -0.15) is 5.10 Å². The van der Waals surface area contributed by atoms with Crippen molar-refractivity contribution in [2.45, 2.75) is 33.9 Å². The molecule has 238 valence electrons. The molecule has 0 radical (unpaired) electrons. The monoisotopic (exact) mass is 630 g/mol. The molecule has 0 bridgehead atoms. The number of imidazole rings is 1. The SMILES string of the molecule is Cc1onc(-c2ccccc2)c1C(=O)NCC#Cc1cccc(Cn2nc3c(c2-c2nccn2C)c(=O)n(C)c(=O)n3CC(C)C)c1. The number of hydrogen-bond acceptors (Lipinski definition) is 7. The summed E-state index contributed by atoms with van der Waals surface area (Å²) in [4.78, 5) is 44.2. The van der Waals surface area contributed by atoms with Crippen LogP contribution in [0.2, 0.25) is 0 Å². The minimum Gasteiger partial charge on any atom is -0.360 e. The summed E-state index contributed by atoms with van der Waals surface area (Å²) in [5.41, 5.74) is 3.30. The highest BCUT2D eigenvalue weighted by atomic mass is 16.5. The van der Waals surface area contributed by atoms with Crippen LogP contribution in [0.3, 0.4) is 0 Å². The maximum Gasteiger partial charge on any atom is 0.332 e. The van der Waals surface area contributed by atoms with E-state index in [1.165, 1.54) is 7.05 Å². The van der Waals surface area contributed by atoms with Crippen molar-refractivity contribution in [1.82, 2.24) is 38.9 Å². The number of nitrogens with one attached hydrogen (secondary N) is 1. The lowest BCUT2D eigenvalue weighted by atomic mass is 10.1. The number of hydrogen-bond donors (Lipinski definition) is 1. The number of fused-ring (bicyclic) bond motifs is 1. The van der Waals surface area contributed by atoms with E-state index in [2.05, 4.69) is 27.3 Å². The van der Waals surface area contributed by atoms with Crippen molar-refractivity contribution in [2.75, 3.05) is 6.54 Å². The summed E-state index contributed by atoms with van der Waals surface area (Å²) in [6, 6.07) is 17.0. The number of aromatic nitrogens is 7. The van der Waals surface area contributed by atoms with Crippen LogP contribution in [-0.4, -0.2) is 46.1 Å². The minimum atomic E-state index is -0.423. The minimum absolute atomic E-state index is 0.117. The van der Waals surface area contributed by atoms with E-state index in [0.29, 0.717) is 52.7 Å². The Labute approximate surface area is 270 Å². The molecule has 0 atom stereocenters. The average molecular weight is 631 g/mol. The van der Waals surface area contributed by atoms with Gasteiger partial charge in [-0.1, -0.05) is 73.3 Å². The van der Waals surface area contributed by atoms with Gasteiger partial charge < -0.3 is 14.4 Å². The van der Waals surface area contributed by atoms with Crippen molar-refractivity contribution in [3.8, 4) is 34.6 Å². The predicted octanol–water partition coefficient (Wildman–Crippen LogP) is 3.75. The third kappa shape index (κ3) is 6.03. The van der Waals surface area contributed by atoms with Crippen LogP contribution in [0.5, 0.6) is 0 Å². The zero-order valence-corrected chi connectivity index (χ0v) is 26.8. The van der Waals surface area contributed by atoms with E-state index < -0.39 is 11.2 Å². The Bertz CT molecular complexity index is 2290. The first kappa shape index (κ1) is 31.0. The number of benzene rings is 2. The zero-order chi connectivity index (χ0) is 33.2. The van der Waals surface area contributed by atoms with Gasteiger partial charge in [0.05, 0.1) is 13.1 Å². The molecule has 0 spiro atoms. The lowest BCUT2D eigenvalue weighted by Gasteiger charge is -2.11. The fourth-order valence-corrected chi connectivity index (χ4v) is 5.54. The molecule has 0 fully saturated rings. The van der Waals surface area contributed by atoms with Gasteiger partial charge in [-0.3, -0.25) is 23.4 Å². The average Bonchev–Trinajstić information content (AvgIpc) is 3.77. The smallest absolute Gasteiger partial charge is 0.332 e. The molecule has 47 heavy (non-hydrogen) atoms. The van der Waals surface area contributed by atoms with E-state index in [-0.39, 0.29) is 18.4 Å². The topological polar surface area (TPSA) is 135 Å². The quantitative estimate of drug-likeness (QED) is 0.253. The van der Waals surface area contributed by atoms with Gasteiger partial charge in [0.2, 0.25) is 0 Å². The Hall–Kier alpha value is -5.96. The summed E-state index contributed by atoms with van der Waals surface area (Å²) >= 11 is 0. The third-order valence-electron chi connectivity index (χ3n) is 7.77. The molecule has 2 aromatic carbocycles. The molecule has 0 saturated heterocycles. The Kier molecular flexibility index (Phi) is 8.46. The molecule has 1 N–H and O–H groups in total. The van der Waals surface area contributed by atoms with Gasteiger partial charge in [0, 0.05) is 44.2 Å². The normalized spacial score (nSPS) is 11.2. The molecule has 0 aliphatic carbocycles. The largest absolute Gasteiger partial charge is 0.360 e. The summed E-state index contributed by atoms with van der Waals surface area (Å²) < 4.78 is 11.6. The highest BCUT2D eigenvalue weighted by Crippen LogP contribution is 2.27. The second-order valence-corrected chi connectivity index (χ2v) is 11.7. The van der Waals surface area contributed by atoms with Gasteiger partial charge in [-0.05, 0) is 30.5 Å². The summed E-state index contributed by atoms with van der Waals surface area (Å²) in [5, 5.41) is 12.1. The number of carbonyl (C=O) groups is 1. The molecule has 6 rings (SSSR count). The van der Waals surface area contributed by atoms with Crippen molar-refractivity contribution in [3.05, 3.63) is 110 Å². The van der Waals surface area contributed by atoms with Gasteiger partial charge in [0.1, 0.15) is 28.1 Å². The van der Waals surface area contributed by atoms with Crippen molar-refractivity contribution < 1.29 is 9.32 Å². The Morgan fingerprint density at radius 3 is 2.57 bits per heavy atom. The van der Waals surface area contributed by atoms with Gasteiger partial charge >= 0.3 is 5.69 Å². The number of rotatable bonds is 8. The van der Waals surface area contributed by atoms with Crippen LogP contribution in [0.1, 0.15) is 41.1 Å². The molecule has 12 heteroatoms. The molecule has 1 amide bonds. The van der Waals surface area contributed by atoms with Crippen molar-refractivity contribution >= 4 is 16.9 Å². The predicted molar refractivity (Wildman–Crippen MR) is 178 cm³/mol. The van der Waals surface area contributed by atoms with E-state index in [9.17, 15) is 14.4 Å². The van der Waals surface area contributed by atoms with E-state index in [0.717, 1.165) is 21.3 Å². The first-order valence-electron chi connectivity index (χ1n) is 15.2. The standard InChI is InChI=1S/C35H34N8O4/c1-22(2)20-42-31-28(34(45)41(5)35(42)46)30(32-36-17-18-40(32)4)43(38-31)21-25-12-9-11-24(19-25)13-10-16-37-33(44)27-23(3)47-39-29(27)26-14-7-6-8-15-26/h6-9,11-12,14-15,17-19,22H,16,20-21H2,1-5H3,(H,37,44). The van der Waals surface area contributed by atoms with Crippen LogP contribution in [0, 0.1) is 24.7 Å². The second-order valence-electron chi connectivity index (χ2n) is 11.7. The molecule has 0 aliphatic rings. The summed E-state index contributed by atoms with van der Waals surface area (Å²) in [7, 11) is 3.34. The maximum absolute atomic E-state index is 13.5. The zero-order valence-electron chi connectivity index (χ0n) is 26.8. The van der Waals surface area contributed by atoms with E-state index in [1.54, 1.807) is 28.6 Å². The lowest BCUT2D eigenvalue weighted by Crippen LogP contribution is -2.38. The van der Waals surface area contributed by atoms with Gasteiger partial charge in [-0.25, -0.2) is 9.78 Å². The van der Waals surface area contributed by atoms with Crippen LogP contribution in [0.25, 0.3) is 33.8 Å². The maximum atomic E-state index is 13.5. The van der Waals surface area contributed by atoms with Gasteiger partial charge in [-0.15, -0.1) is 0 Å². The van der Waals surface area contributed by atoms with Crippen molar-refractivity contribution in [3.63, 3.8) is 0 Å². The summed E-state index contributed by atoms with van der Waals surface area (Å²) in [6.07, 6.45) is 3.46. The Morgan fingerprint density at radius 2 is 1.85 bits per heavy atom. The highest BCUT2D eigenvalue weighted by Gasteiger charge is 2.25. The molecule has 12 nitrogen and oxygen atoms in total. The van der Waals surface area contributed by atoms with E-state index >= 15 is 0 Å². The lowest BCUT2D eigenvalue weighted by molar-refractivity contribution is 0.0957. The first-order chi connectivity index (χ1) is 22.6. The molecule has 4 heterocycles. The van der Waals surface area contributed by atoms with Crippen LogP contribution in [-0.2, 0) is 27.2 Å². The van der Waals surface area contributed by atoms with E-state index in [1.807, 2.05) is 80.1 Å².